The molecular formula is C10H17N3O2S. The molecule has 0 aliphatic heterocycles. The number of imidazole rings is 1. The Labute approximate surface area is 99.5 Å². The first-order valence-corrected chi connectivity index (χ1v) is 6.17. The smallest absolute Gasteiger partial charge is 0.165 e. The molecule has 1 rings (SSSR count). The molecule has 16 heavy (non-hydrogen) atoms. The standard InChI is InChI=1S/C10H17N3O2S/c1-13(2,3)8(9(14)15)5-7-6-11-10(12-7)16-4/h6,8H,5H2,1-4H3,(H-,11,12,14,15). The van der Waals surface area contributed by atoms with Crippen LogP contribution in [0.5, 0.6) is 0 Å². The molecule has 0 aliphatic carbocycles. The number of carbonyl (C=O) groups is 1. The minimum absolute atomic E-state index is 0.329. The van der Waals surface area contributed by atoms with Gasteiger partial charge < -0.3 is 19.4 Å². The van der Waals surface area contributed by atoms with Gasteiger partial charge in [-0.05, 0) is 6.26 Å². The lowest BCUT2D eigenvalue weighted by molar-refractivity contribution is -0.889. The van der Waals surface area contributed by atoms with Crippen LogP contribution < -0.4 is 5.11 Å². The molecule has 6 heteroatoms. The van der Waals surface area contributed by atoms with Gasteiger partial charge in [-0.15, -0.1) is 0 Å². The van der Waals surface area contributed by atoms with E-state index in [1.165, 1.54) is 11.8 Å². The number of likely N-dealkylation sites (N-methyl/N-ethyl adjacent to an activating group) is 1. The number of carboxylic acid groups (broad SMARTS) is 1. The molecule has 1 aromatic heterocycles. The van der Waals surface area contributed by atoms with Crippen molar-refractivity contribution in [3.05, 3.63) is 11.9 Å². The van der Waals surface area contributed by atoms with Gasteiger partial charge in [0.15, 0.2) is 5.16 Å². The minimum Gasteiger partial charge on any atom is -0.544 e. The van der Waals surface area contributed by atoms with Crippen molar-refractivity contribution in [3.63, 3.8) is 0 Å². The third-order valence-corrected chi connectivity index (χ3v) is 3.01. The number of aromatic nitrogens is 2. The minimum atomic E-state index is -1.03. The molecule has 0 saturated heterocycles. The van der Waals surface area contributed by atoms with E-state index in [1.807, 2.05) is 27.4 Å². The van der Waals surface area contributed by atoms with E-state index in [0.717, 1.165) is 10.9 Å². The summed E-state index contributed by atoms with van der Waals surface area (Å²) in [6.07, 6.45) is 4.00. The molecule has 0 saturated carbocycles. The Balaban J connectivity index is 2.80. The number of nitrogens with zero attached hydrogens (tertiary/aromatic N) is 2. The number of rotatable bonds is 5. The van der Waals surface area contributed by atoms with Crippen LogP contribution in [0.4, 0.5) is 0 Å². The molecule has 0 aromatic carbocycles. The lowest BCUT2D eigenvalue weighted by Gasteiger charge is -2.34. The highest BCUT2D eigenvalue weighted by molar-refractivity contribution is 7.98. The van der Waals surface area contributed by atoms with E-state index < -0.39 is 12.0 Å². The van der Waals surface area contributed by atoms with Crippen molar-refractivity contribution in [1.29, 1.82) is 0 Å². The van der Waals surface area contributed by atoms with Gasteiger partial charge in [-0.2, -0.15) is 0 Å². The maximum Gasteiger partial charge on any atom is 0.165 e. The Morgan fingerprint density at radius 2 is 2.25 bits per heavy atom. The zero-order chi connectivity index (χ0) is 12.3. The van der Waals surface area contributed by atoms with Crippen LogP contribution in [0.3, 0.4) is 0 Å². The zero-order valence-electron chi connectivity index (χ0n) is 9.98. The van der Waals surface area contributed by atoms with Gasteiger partial charge in [0.1, 0.15) is 6.04 Å². The van der Waals surface area contributed by atoms with Crippen molar-refractivity contribution >= 4 is 17.7 Å². The molecule has 0 amide bonds. The van der Waals surface area contributed by atoms with Gasteiger partial charge in [-0.1, -0.05) is 11.8 Å². The molecular weight excluding hydrogens is 226 g/mol. The Kier molecular flexibility index (Phi) is 3.98. The van der Waals surface area contributed by atoms with Gasteiger partial charge in [-0.25, -0.2) is 4.98 Å². The van der Waals surface area contributed by atoms with Crippen molar-refractivity contribution < 1.29 is 14.4 Å². The number of H-pyrrole nitrogens is 1. The van der Waals surface area contributed by atoms with E-state index in [-0.39, 0.29) is 0 Å². The molecule has 0 fully saturated rings. The van der Waals surface area contributed by atoms with Crippen LogP contribution in [-0.2, 0) is 11.2 Å². The summed E-state index contributed by atoms with van der Waals surface area (Å²) in [6, 6.07) is -0.574. The number of hydrogen-bond donors (Lipinski definition) is 1. The monoisotopic (exact) mass is 243 g/mol. The third-order valence-electron chi connectivity index (χ3n) is 2.42. The number of aromatic amines is 1. The average Bonchev–Trinajstić information content (AvgIpc) is 2.59. The number of thioether (sulfide) groups is 1. The molecule has 90 valence electrons. The summed E-state index contributed by atoms with van der Waals surface area (Å²) in [5.74, 6) is -1.03. The van der Waals surface area contributed by atoms with E-state index in [9.17, 15) is 9.90 Å². The van der Waals surface area contributed by atoms with Gasteiger partial charge in [-0.3, -0.25) is 0 Å². The lowest BCUT2D eigenvalue weighted by Crippen LogP contribution is -2.55. The summed E-state index contributed by atoms with van der Waals surface area (Å²) in [5.41, 5.74) is 0.826. The van der Waals surface area contributed by atoms with Crippen LogP contribution in [0.1, 0.15) is 5.69 Å². The predicted molar refractivity (Wildman–Crippen MR) is 60.9 cm³/mol. The van der Waals surface area contributed by atoms with E-state index in [1.54, 1.807) is 6.20 Å². The predicted octanol–water partition coefficient (Wildman–Crippen LogP) is -0.501. The second-order valence-corrected chi connectivity index (χ2v) is 5.37. The first kappa shape index (κ1) is 13.1. The van der Waals surface area contributed by atoms with Gasteiger partial charge in [0.2, 0.25) is 0 Å². The fourth-order valence-corrected chi connectivity index (χ4v) is 1.82. The second kappa shape index (κ2) is 4.88. The second-order valence-electron chi connectivity index (χ2n) is 4.57. The summed E-state index contributed by atoms with van der Waals surface area (Å²) in [4.78, 5) is 18.2. The molecule has 1 N–H and O–H groups in total. The number of carbonyl (C=O) groups excluding carboxylic acids is 1. The maximum atomic E-state index is 11.1. The van der Waals surface area contributed by atoms with Crippen LogP contribution in [0, 0.1) is 0 Å². The van der Waals surface area contributed by atoms with Gasteiger partial charge >= 0.3 is 0 Å². The third kappa shape index (κ3) is 3.24. The number of quaternary nitrogens is 1. The van der Waals surface area contributed by atoms with Crippen LogP contribution in [0.2, 0.25) is 0 Å². The van der Waals surface area contributed by atoms with Gasteiger partial charge in [0, 0.05) is 18.3 Å². The van der Waals surface area contributed by atoms with Crippen LogP contribution in [0.15, 0.2) is 11.4 Å². The Hall–Kier alpha value is -1.01. The molecule has 0 radical (unpaired) electrons. The maximum absolute atomic E-state index is 11.1. The Morgan fingerprint density at radius 3 is 2.62 bits per heavy atom. The number of aliphatic carboxylic acids is 1. The number of hydrogen-bond acceptors (Lipinski definition) is 4. The number of nitrogens with one attached hydrogen (secondary N) is 1. The van der Waals surface area contributed by atoms with Crippen molar-refractivity contribution in [3.8, 4) is 0 Å². The molecule has 1 aromatic rings. The highest BCUT2D eigenvalue weighted by Crippen LogP contribution is 2.13. The van der Waals surface area contributed by atoms with Crippen molar-refractivity contribution in [2.45, 2.75) is 17.6 Å². The quantitative estimate of drug-likeness (QED) is 0.559. The summed E-state index contributed by atoms with van der Waals surface area (Å²) in [6.45, 7) is 0. The molecule has 0 bridgehead atoms. The Bertz CT molecular complexity index is 370. The van der Waals surface area contributed by atoms with E-state index in [0.29, 0.717) is 10.9 Å². The average molecular weight is 243 g/mol. The highest BCUT2D eigenvalue weighted by atomic mass is 32.2. The lowest BCUT2D eigenvalue weighted by atomic mass is 10.1. The topological polar surface area (TPSA) is 68.8 Å². The summed E-state index contributed by atoms with van der Waals surface area (Å²) in [7, 11) is 5.52. The fourth-order valence-electron chi connectivity index (χ4n) is 1.43. The Morgan fingerprint density at radius 1 is 1.62 bits per heavy atom. The van der Waals surface area contributed by atoms with Gasteiger partial charge in [0.25, 0.3) is 0 Å². The fraction of sp³-hybridized carbons (Fsp3) is 0.600. The summed E-state index contributed by atoms with van der Waals surface area (Å²) in [5, 5.41) is 11.9. The van der Waals surface area contributed by atoms with Crippen LogP contribution >= 0.6 is 11.8 Å². The van der Waals surface area contributed by atoms with E-state index >= 15 is 0 Å². The van der Waals surface area contributed by atoms with E-state index in [2.05, 4.69) is 9.97 Å². The first-order chi connectivity index (χ1) is 7.34. The molecule has 5 nitrogen and oxygen atoms in total. The zero-order valence-corrected chi connectivity index (χ0v) is 10.8. The molecule has 1 atom stereocenters. The van der Waals surface area contributed by atoms with E-state index in [4.69, 9.17) is 0 Å². The SMILES string of the molecule is CSc1ncc(CC(C(=O)[O-])[N+](C)(C)C)[nH]1. The van der Waals surface area contributed by atoms with Crippen molar-refractivity contribution in [2.24, 2.45) is 0 Å². The molecule has 1 heterocycles. The highest BCUT2D eigenvalue weighted by Gasteiger charge is 2.26. The normalized spacial score (nSPS) is 13.8. The molecule has 1 unspecified atom stereocenters. The van der Waals surface area contributed by atoms with Gasteiger partial charge in [0.05, 0.1) is 27.1 Å². The summed E-state index contributed by atoms with van der Waals surface area (Å²) >= 11 is 1.50. The van der Waals surface area contributed by atoms with Crippen molar-refractivity contribution in [1.82, 2.24) is 9.97 Å². The molecule has 0 aliphatic rings. The number of carboxylic acids is 1. The first-order valence-electron chi connectivity index (χ1n) is 4.94. The molecule has 0 spiro atoms. The van der Waals surface area contributed by atoms with Crippen molar-refractivity contribution in [2.75, 3.05) is 27.4 Å². The van der Waals surface area contributed by atoms with Crippen LogP contribution in [0.25, 0.3) is 0 Å². The summed E-state index contributed by atoms with van der Waals surface area (Å²) < 4.78 is 0.329. The van der Waals surface area contributed by atoms with Crippen LogP contribution in [-0.4, -0.2) is 53.9 Å². The largest absolute Gasteiger partial charge is 0.544 e.